The number of nitrogens with zero attached hydrogens (tertiary/aromatic N) is 6. The van der Waals surface area contributed by atoms with Gasteiger partial charge in [0.15, 0.2) is 0 Å². The number of hydrogen-bond acceptors (Lipinski definition) is 9. The van der Waals surface area contributed by atoms with Crippen LogP contribution in [0.15, 0.2) is 60.8 Å². The first-order chi connectivity index (χ1) is 22.1. The number of rotatable bonds is 5. The second-order valence-corrected chi connectivity index (χ2v) is 12.2. The van der Waals surface area contributed by atoms with Gasteiger partial charge in [-0.1, -0.05) is 12.1 Å². The number of nitriles is 1. The van der Waals surface area contributed by atoms with E-state index in [4.69, 9.17) is 14.6 Å². The summed E-state index contributed by atoms with van der Waals surface area (Å²) in [5.41, 5.74) is 4.80. The van der Waals surface area contributed by atoms with Crippen molar-refractivity contribution in [1.82, 2.24) is 19.7 Å². The van der Waals surface area contributed by atoms with E-state index in [0.29, 0.717) is 66.9 Å². The fourth-order valence-corrected chi connectivity index (χ4v) is 5.57. The lowest BCUT2D eigenvalue weighted by atomic mass is 10.1. The van der Waals surface area contributed by atoms with Crippen LogP contribution in [0.1, 0.15) is 42.3 Å². The van der Waals surface area contributed by atoms with E-state index >= 15 is 0 Å². The van der Waals surface area contributed by atoms with Gasteiger partial charge in [0.1, 0.15) is 40.3 Å². The number of anilines is 4. The van der Waals surface area contributed by atoms with Crippen molar-refractivity contribution in [1.29, 1.82) is 5.26 Å². The standard InChI is InChI=1S/C34H36N8O4/c1-34(2,3)46-33(44)41-17-15-40(16-18-41)25-9-10-28-24(19-25)12-14-42-31(37-28)27(21-35)30(39-42)22-5-7-23(8-6-22)32(43)38-29-20-26(45-4)11-13-36-29/h5-11,13,19-20,37H,12,14-18H2,1-4H3,(H,36,38,43). The minimum atomic E-state index is -0.516. The molecule has 46 heavy (non-hydrogen) atoms. The molecule has 12 heteroatoms. The molecule has 0 bridgehead atoms. The maximum Gasteiger partial charge on any atom is 0.410 e. The SMILES string of the molecule is COc1ccnc(NC(=O)c2ccc(-c3nn4c(c3C#N)Nc3ccc(N5CCN(C(=O)OC(C)(C)C)CC5)cc3CC4)cc2)c1. The Kier molecular flexibility index (Phi) is 8.23. The van der Waals surface area contributed by atoms with Crippen molar-refractivity contribution in [3.8, 4) is 23.1 Å². The monoisotopic (exact) mass is 620 g/mol. The molecule has 0 unspecified atom stereocenters. The molecule has 2 aliphatic rings. The highest BCUT2D eigenvalue weighted by Crippen LogP contribution is 2.35. The van der Waals surface area contributed by atoms with Gasteiger partial charge in [-0.15, -0.1) is 0 Å². The van der Waals surface area contributed by atoms with Crippen molar-refractivity contribution in [3.63, 3.8) is 0 Å². The number of hydrogen-bond donors (Lipinski definition) is 2. The number of pyridine rings is 1. The summed E-state index contributed by atoms with van der Waals surface area (Å²) >= 11 is 0. The number of carbonyl (C=O) groups excluding carboxylic acids is 2. The van der Waals surface area contributed by atoms with Gasteiger partial charge in [-0.2, -0.15) is 10.4 Å². The van der Waals surface area contributed by atoms with Crippen molar-refractivity contribution >= 4 is 35.0 Å². The number of methoxy groups -OCH3 is 1. The molecule has 0 saturated carbocycles. The summed E-state index contributed by atoms with van der Waals surface area (Å²) in [6.07, 6.45) is 2.01. The quantitative estimate of drug-likeness (QED) is 0.299. The van der Waals surface area contributed by atoms with Crippen molar-refractivity contribution in [2.24, 2.45) is 0 Å². The van der Waals surface area contributed by atoms with E-state index < -0.39 is 5.60 Å². The van der Waals surface area contributed by atoms with Gasteiger partial charge in [-0.3, -0.25) is 4.79 Å². The Morgan fingerprint density at radius 3 is 2.46 bits per heavy atom. The van der Waals surface area contributed by atoms with Crippen LogP contribution in [0.4, 0.5) is 27.8 Å². The van der Waals surface area contributed by atoms with Crippen molar-refractivity contribution in [3.05, 3.63) is 77.5 Å². The summed E-state index contributed by atoms with van der Waals surface area (Å²) in [6, 6.07) is 19.0. The molecule has 0 radical (unpaired) electrons. The Balaban J connectivity index is 1.15. The van der Waals surface area contributed by atoms with Crippen LogP contribution in [0, 0.1) is 11.3 Å². The lowest BCUT2D eigenvalue weighted by molar-refractivity contribution is 0.0240. The Morgan fingerprint density at radius 2 is 1.76 bits per heavy atom. The van der Waals surface area contributed by atoms with Crippen molar-refractivity contribution in [2.75, 3.05) is 48.8 Å². The van der Waals surface area contributed by atoms with Crippen molar-refractivity contribution in [2.45, 2.75) is 39.3 Å². The van der Waals surface area contributed by atoms with Crippen LogP contribution in [-0.2, 0) is 17.7 Å². The molecule has 2 aromatic heterocycles. The summed E-state index contributed by atoms with van der Waals surface area (Å²) in [7, 11) is 1.55. The molecule has 2 aliphatic heterocycles. The summed E-state index contributed by atoms with van der Waals surface area (Å²) in [6.45, 7) is 8.84. The van der Waals surface area contributed by atoms with Crippen molar-refractivity contribution < 1.29 is 19.1 Å². The van der Waals surface area contributed by atoms with Gasteiger partial charge in [-0.25, -0.2) is 14.5 Å². The van der Waals surface area contributed by atoms with Gasteiger partial charge in [0.05, 0.1) is 7.11 Å². The Bertz CT molecular complexity index is 1810. The van der Waals surface area contributed by atoms with Gasteiger partial charge in [-0.05, 0) is 69.2 Å². The summed E-state index contributed by atoms with van der Waals surface area (Å²) < 4.78 is 12.6. The summed E-state index contributed by atoms with van der Waals surface area (Å²) in [5.74, 6) is 1.31. The minimum Gasteiger partial charge on any atom is -0.497 e. The van der Waals surface area contributed by atoms with Gasteiger partial charge >= 0.3 is 6.09 Å². The topological polar surface area (TPSA) is 138 Å². The lowest BCUT2D eigenvalue weighted by Gasteiger charge is -2.37. The number of carbonyl (C=O) groups is 2. The van der Waals surface area contributed by atoms with E-state index in [9.17, 15) is 14.9 Å². The highest BCUT2D eigenvalue weighted by molar-refractivity contribution is 6.04. The smallest absolute Gasteiger partial charge is 0.410 e. The molecule has 0 aliphatic carbocycles. The zero-order valence-corrected chi connectivity index (χ0v) is 26.3. The van der Waals surface area contributed by atoms with E-state index in [2.05, 4.69) is 38.7 Å². The molecular weight excluding hydrogens is 584 g/mol. The molecule has 12 nitrogen and oxygen atoms in total. The Labute approximate surface area is 267 Å². The fourth-order valence-electron chi connectivity index (χ4n) is 5.57. The van der Waals surface area contributed by atoms with E-state index in [0.717, 1.165) is 28.9 Å². The van der Waals surface area contributed by atoms with Crippen LogP contribution < -0.4 is 20.3 Å². The van der Waals surface area contributed by atoms with E-state index in [1.54, 1.807) is 54.6 Å². The Hall–Kier alpha value is -5.57. The Morgan fingerprint density at radius 1 is 1.00 bits per heavy atom. The second kappa shape index (κ2) is 12.4. The molecule has 2 aromatic carbocycles. The number of ether oxygens (including phenoxy) is 2. The number of aryl methyl sites for hydroxylation is 2. The van der Waals surface area contributed by atoms with Gasteiger partial charge in [0.25, 0.3) is 5.91 Å². The van der Waals surface area contributed by atoms with E-state index in [-0.39, 0.29) is 12.0 Å². The molecule has 2 N–H and O–H groups in total. The molecule has 6 rings (SSSR count). The lowest BCUT2D eigenvalue weighted by Crippen LogP contribution is -2.50. The van der Waals surface area contributed by atoms with E-state index in [1.807, 2.05) is 31.5 Å². The zero-order chi connectivity index (χ0) is 32.4. The largest absolute Gasteiger partial charge is 0.497 e. The fraction of sp³-hybridized carbons (Fsp3) is 0.324. The highest BCUT2D eigenvalue weighted by atomic mass is 16.6. The number of fused-ring (bicyclic) bond motifs is 2. The van der Waals surface area contributed by atoms with E-state index in [1.165, 1.54) is 0 Å². The average molecular weight is 621 g/mol. The van der Waals surface area contributed by atoms with Crippen LogP contribution in [0.25, 0.3) is 11.3 Å². The molecule has 1 saturated heterocycles. The number of piperazine rings is 1. The van der Waals surface area contributed by atoms with Crippen LogP contribution in [0.2, 0.25) is 0 Å². The molecule has 1 fully saturated rings. The first-order valence-corrected chi connectivity index (χ1v) is 15.2. The number of aromatic nitrogens is 3. The van der Waals surface area contributed by atoms with Crippen LogP contribution >= 0.6 is 0 Å². The summed E-state index contributed by atoms with van der Waals surface area (Å²) in [4.78, 5) is 33.5. The summed E-state index contributed by atoms with van der Waals surface area (Å²) in [5, 5.41) is 21.2. The molecule has 4 heterocycles. The normalized spacial score (nSPS) is 14.2. The second-order valence-electron chi connectivity index (χ2n) is 12.2. The third-order valence-electron chi connectivity index (χ3n) is 7.92. The first kappa shape index (κ1) is 30.5. The van der Waals surface area contributed by atoms with Gasteiger partial charge < -0.3 is 29.9 Å². The first-order valence-electron chi connectivity index (χ1n) is 15.2. The third kappa shape index (κ3) is 6.44. The molecule has 236 valence electrons. The third-order valence-corrected chi connectivity index (χ3v) is 7.92. The number of benzene rings is 2. The predicted molar refractivity (Wildman–Crippen MR) is 175 cm³/mol. The van der Waals surface area contributed by atoms with Crippen LogP contribution in [0.3, 0.4) is 0 Å². The molecule has 4 aromatic rings. The number of nitrogens with one attached hydrogen (secondary N) is 2. The zero-order valence-electron chi connectivity index (χ0n) is 26.3. The molecular formula is C34H36N8O4. The average Bonchev–Trinajstić information content (AvgIpc) is 3.30. The van der Waals surface area contributed by atoms with Gasteiger partial charge in [0, 0.05) is 67.5 Å². The minimum absolute atomic E-state index is 0.274. The van der Waals surface area contributed by atoms with Gasteiger partial charge in [0.2, 0.25) is 0 Å². The maximum atomic E-state index is 12.8. The molecule has 2 amide bonds. The maximum absolute atomic E-state index is 12.8. The molecule has 0 atom stereocenters. The van der Waals surface area contributed by atoms with Crippen LogP contribution in [-0.4, -0.2) is 70.6 Å². The predicted octanol–water partition coefficient (Wildman–Crippen LogP) is 5.43. The van der Waals surface area contributed by atoms with Crippen LogP contribution in [0.5, 0.6) is 5.75 Å². The molecule has 0 spiro atoms. The number of amides is 2. The highest BCUT2D eigenvalue weighted by Gasteiger charge is 2.27.